The number of hydrogen-bond acceptors (Lipinski definition) is 4. The van der Waals surface area contributed by atoms with E-state index in [1.165, 1.54) is 17.5 Å². The van der Waals surface area contributed by atoms with Crippen molar-refractivity contribution in [1.82, 2.24) is 14.5 Å². The molecule has 1 fully saturated rings. The molecule has 3 N–H and O–H groups in total. The Morgan fingerprint density at radius 2 is 2.17 bits per heavy atom. The van der Waals surface area contributed by atoms with Gasteiger partial charge in [-0.2, -0.15) is 5.10 Å². The van der Waals surface area contributed by atoms with Gasteiger partial charge in [-0.3, -0.25) is 4.68 Å². The SMILES string of the molecule is Cc1c(S(=O)(=O)NCC(C)C2CC2)c(N)nn1C. The molecule has 2 rings (SSSR count). The molecule has 102 valence electrons. The van der Waals surface area contributed by atoms with Crippen molar-refractivity contribution in [3.8, 4) is 0 Å². The van der Waals surface area contributed by atoms with Crippen molar-refractivity contribution in [3.05, 3.63) is 5.69 Å². The van der Waals surface area contributed by atoms with Gasteiger partial charge >= 0.3 is 0 Å². The van der Waals surface area contributed by atoms with Crippen molar-refractivity contribution in [2.75, 3.05) is 12.3 Å². The maximum absolute atomic E-state index is 12.2. The van der Waals surface area contributed by atoms with Gasteiger partial charge in [-0.05, 0) is 31.6 Å². The summed E-state index contributed by atoms with van der Waals surface area (Å²) in [7, 11) is -1.88. The third-order valence-electron chi connectivity index (χ3n) is 3.60. The molecule has 0 bridgehead atoms. The molecule has 6 nitrogen and oxygen atoms in total. The number of anilines is 1. The number of nitrogens with zero attached hydrogens (tertiary/aromatic N) is 2. The van der Waals surface area contributed by atoms with Crippen LogP contribution in [0.3, 0.4) is 0 Å². The van der Waals surface area contributed by atoms with Gasteiger partial charge in [0, 0.05) is 13.6 Å². The van der Waals surface area contributed by atoms with Crippen LogP contribution in [-0.2, 0) is 17.1 Å². The highest BCUT2D eigenvalue weighted by atomic mass is 32.2. The molecule has 1 aliphatic rings. The number of sulfonamides is 1. The number of aryl methyl sites for hydroxylation is 1. The van der Waals surface area contributed by atoms with E-state index in [4.69, 9.17) is 5.73 Å². The lowest BCUT2D eigenvalue weighted by Gasteiger charge is -2.12. The molecule has 1 aliphatic carbocycles. The Balaban J connectivity index is 2.14. The summed E-state index contributed by atoms with van der Waals surface area (Å²) >= 11 is 0. The van der Waals surface area contributed by atoms with Crippen molar-refractivity contribution < 1.29 is 8.42 Å². The molecule has 1 unspecified atom stereocenters. The molecule has 0 saturated heterocycles. The first-order chi connectivity index (χ1) is 8.33. The molecule has 1 atom stereocenters. The predicted molar refractivity (Wildman–Crippen MR) is 69.4 cm³/mol. The van der Waals surface area contributed by atoms with Crippen molar-refractivity contribution in [2.24, 2.45) is 18.9 Å². The fourth-order valence-corrected chi connectivity index (χ4v) is 3.56. The topological polar surface area (TPSA) is 90.0 Å². The highest BCUT2D eigenvalue weighted by molar-refractivity contribution is 7.89. The first-order valence-electron chi connectivity index (χ1n) is 6.11. The minimum absolute atomic E-state index is 0.0570. The predicted octanol–water partition coefficient (Wildman–Crippen LogP) is 0.635. The molecule has 7 heteroatoms. The molecule has 1 saturated carbocycles. The van der Waals surface area contributed by atoms with E-state index >= 15 is 0 Å². The van der Waals surface area contributed by atoms with Crippen molar-refractivity contribution >= 4 is 15.8 Å². The van der Waals surface area contributed by atoms with Crippen LogP contribution < -0.4 is 10.5 Å². The quantitative estimate of drug-likeness (QED) is 0.823. The minimum Gasteiger partial charge on any atom is -0.381 e. The largest absolute Gasteiger partial charge is 0.381 e. The molecule has 0 spiro atoms. The number of rotatable bonds is 5. The van der Waals surface area contributed by atoms with Crippen molar-refractivity contribution in [3.63, 3.8) is 0 Å². The summed E-state index contributed by atoms with van der Waals surface area (Å²) in [5, 5.41) is 3.93. The van der Waals surface area contributed by atoms with Gasteiger partial charge in [0.25, 0.3) is 0 Å². The van der Waals surface area contributed by atoms with E-state index < -0.39 is 10.0 Å². The Bertz CT molecular complexity index is 546. The Kier molecular flexibility index (Phi) is 3.37. The zero-order chi connectivity index (χ0) is 13.5. The van der Waals surface area contributed by atoms with Crippen LogP contribution in [0.1, 0.15) is 25.5 Å². The lowest BCUT2D eigenvalue weighted by atomic mass is 10.1. The first-order valence-corrected chi connectivity index (χ1v) is 7.60. The second-order valence-electron chi connectivity index (χ2n) is 5.09. The molecule has 18 heavy (non-hydrogen) atoms. The maximum atomic E-state index is 12.2. The third-order valence-corrected chi connectivity index (χ3v) is 5.18. The summed E-state index contributed by atoms with van der Waals surface area (Å²) in [6, 6.07) is 0. The van der Waals surface area contributed by atoms with Crippen LogP contribution in [0, 0.1) is 18.8 Å². The molecule has 0 aromatic carbocycles. The van der Waals surface area contributed by atoms with E-state index in [1.54, 1.807) is 14.0 Å². The second-order valence-corrected chi connectivity index (χ2v) is 6.79. The van der Waals surface area contributed by atoms with E-state index in [9.17, 15) is 8.42 Å². The number of nitrogen functional groups attached to an aromatic ring is 1. The number of hydrogen-bond donors (Lipinski definition) is 2. The number of aromatic nitrogens is 2. The molecular weight excluding hydrogens is 252 g/mol. The van der Waals surface area contributed by atoms with Gasteiger partial charge < -0.3 is 5.73 Å². The molecule has 1 aromatic rings. The summed E-state index contributed by atoms with van der Waals surface area (Å²) in [5.74, 6) is 1.10. The molecule has 0 aliphatic heterocycles. The standard InChI is InChI=1S/C11H20N4O2S/c1-7(9-4-5-9)6-13-18(16,17)10-8(2)15(3)14-11(10)12/h7,9,13H,4-6H2,1-3H3,(H2,12,14). The zero-order valence-corrected chi connectivity index (χ0v) is 11.8. The average molecular weight is 272 g/mol. The van der Waals surface area contributed by atoms with E-state index in [-0.39, 0.29) is 10.7 Å². The lowest BCUT2D eigenvalue weighted by molar-refractivity contribution is 0.491. The summed E-state index contributed by atoms with van der Waals surface area (Å²) in [6.45, 7) is 4.22. The van der Waals surface area contributed by atoms with Gasteiger partial charge in [0.1, 0.15) is 4.90 Å². The van der Waals surface area contributed by atoms with Gasteiger partial charge in [-0.15, -0.1) is 0 Å². The molecule has 1 aromatic heterocycles. The van der Waals surface area contributed by atoms with E-state index in [1.807, 2.05) is 0 Å². The van der Waals surface area contributed by atoms with Gasteiger partial charge in [0.15, 0.2) is 5.82 Å². The van der Waals surface area contributed by atoms with Gasteiger partial charge in [0.05, 0.1) is 5.69 Å². The summed E-state index contributed by atoms with van der Waals surface area (Å²) in [4.78, 5) is 0.105. The van der Waals surface area contributed by atoms with Crippen LogP contribution in [0.5, 0.6) is 0 Å². The van der Waals surface area contributed by atoms with Crippen LogP contribution in [0.15, 0.2) is 4.90 Å². The third kappa shape index (κ3) is 2.51. The first kappa shape index (κ1) is 13.4. The fourth-order valence-electron chi connectivity index (χ4n) is 2.09. The highest BCUT2D eigenvalue weighted by Crippen LogP contribution is 2.36. The highest BCUT2D eigenvalue weighted by Gasteiger charge is 2.30. The van der Waals surface area contributed by atoms with Crippen molar-refractivity contribution in [1.29, 1.82) is 0 Å². The number of nitrogens with one attached hydrogen (secondary N) is 1. The van der Waals surface area contributed by atoms with Crippen LogP contribution in [0.4, 0.5) is 5.82 Å². The van der Waals surface area contributed by atoms with Gasteiger partial charge in [-0.25, -0.2) is 13.1 Å². The normalized spacial score (nSPS) is 17.9. The molecular formula is C11H20N4O2S. The van der Waals surface area contributed by atoms with Gasteiger partial charge in [-0.1, -0.05) is 6.92 Å². The van der Waals surface area contributed by atoms with Crippen LogP contribution in [-0.4, -0.2) is 24.7 Å². The second kappa shape index (κ2) is 4.55. The van der Waals surface area contributed by atoms with E-state index in [0.29, 0.717) is 24.1 Å². The summed E-state index contributed by atoms with van der Waals surface area (Å²) in [6.07, 6.45) is 2.41. The fraction of sp³-hybridized carbons (Fsp3) is 0.727. The zero-order valence-electron chi connectivity index (χ0n) is 11.0. The Labute approximate surface area is 108 Å². The Morgan fingerprint density at radius 1 is 1.56 bits per heavy atom. The average Bonchev–Trinajstić information content (AvgIpc) is 3.05. The smallest absolute Gasteiger partial charge is 0.246 e. The van der Waals surface area contributed by atoms with Crippen LogP contribution in [0.25, 0.3) is 0 Å². The summed E-state index contributed by atoms with van der Waals surface area (Å²) < 4.78 is 28.5. The van der Waals surface area contributed by atoms with Crippen LogP contribution >= 0.6 is 0 Å². The monoisotopic (exact) mass is 272 g/mol. The maximum Gasteiger partial charge on any atom is 0.246 e. The molecule has 0 amide bonds. The van der Waals surface area contributed by atoms with Crippen molar-refractivity contribution in [2.45, 2.75) is 31.6 Å². The van der Waals surface area contributed by atoms with Crippen LogP contribution in [0.2, 0.25) is 0 Å². The molecule has 0 radical (unpaired) electrons. The number of nitrogens with two attached hydrogens (primary N) is 1. The molecule has 1 heterocycles. The van der Waals surface area contributed by atoms with E-state index in [2.05, 4.69) is 16.7 Å². The Morgan fingerprint density at radius 3 is 2.61 bits per heavy atom. The van der Waals surface area contributed by atoms with E-state index in [0.717, 1.165) is 0 Å². The Hall–Kier alpha value is -1.08. The lowest BCUT2D eigenvalue weighted by Crippen LogP contribution is -2.30. The minimum atomic E-state index is -3.56. The van der Waals surface area contributed by atoms with Gasteiger partial charge in [0.2, 0.25) is 10.0 Å². The summed E-state index contributed by atoms with van der Waals surface area (Å²) in [5.41, 5.74) is 6.21.